The first-order valence-electron chi connectivity index (χ1n) is 5.91. The van der Waals surface area contributed by atoms with Gasteiger partial charge in [0, 0.05) is 25.1 Å². The van der Waals surface area contributed by atoms with Gasteiger partial charge in [-0.1, -0.05) is 11.8 Å². The number of nitrogens with zero attached hydrogens (tertiary/aromatic N) is 3. The Morgan fingerprint density at radius 1 is 1.40 bits per heavy atom. The van der Waals surface area contributed by atoms with E-state index in [1.807, 2.05) is 0 Å². The number of amides is 1. The highest BCUT2D eigenvalue weighted by Gasteiger charge is 2.32. The fourth-order valence-corrected chi connectivity index (χ4v) is 2.81. The third-order valence-corrected chi connectivity index (χ3v) is 3.72. The van der Waals surface area contributed by atoms with Crippen molar-refractivity contribution in [3.05, 3.63) is 17.8 Å². The number of aromatic nitrogens is 2. The van der Waals surface area contributed by atoms with E-state index in [9.17, 15) is 14.4 Å². The Morgan fingerprint density at radius 3 is 2.70 bits per heavy atom. The third kappa shape index (κ3) is 3.13. The Kier molecular flexibility index (Phi) is 4.33. The van der Waals surface area contributed by atoms with Gasteiger partial charge in [0.05, 0.1) is 7.11 Å². The smallest absolute Gasteiger partial charge is 0.358 e. The second kappa shape index (κ2) is 6.00. The molecule has 0 bridgehead atoms. The average Bonchev–Trinajstić information content (AvgIpc) is 2.78. The molecule has 1 aromatic rings. The number of methoxy groups -OCH3 is 1. The molecule has 1 saturated heterocycles. The van der Waals surface area contributed by atoms with Crippen LogP contribution in [0.1, 0.15) is 23.8 Å². The highest BCUT2D eigenvalue weighted by Crippen LogP contribution is 2.27. The zero-order valence-electron chi connectivity index (χ0n) is 11.0. The van der Waals surface area contributed by atoms with E-state index in [2.05, 4.69) is 14.9 Å². The van der Waals surface area contributed by atoms with Gasteiger partial charge in [-0.3, -0.25) is 14.5 Å². The molecule has 1 atom stereocenters. The first-order valence-corrected chi connectivity index (χ1v) is 6.79. The van der Waals surface area contributed by atoms with Crippen molar-refractivity contribution in [1.29, 1.82) is 0 Å². The molecule has 1 aliphatic heterocycles. The maximum absolute atomic E-state index is 11.9. The van der Waals surface area contributed by atoms with Crippen LogP contribution in [-0.2, 0) is 14.3 Å². The first-order chi connectivity index (χ1) is 9.51. The van der Waals surface area contributed by atoms with Gasteiger partial charge in [-0.15, -0.1) is 10.2 Å². The van der Waals surface area contributed by atoms with E-state index in [1.54, 1.807) is 0 Å². The van der Waals surface area contributed by atoms with E-state index < -0.39 is 5.97 Å². The number of hydrogen-bond acceptors (Lipinski definition) is 7. The monoisotopic (exact) mass is 295 g/mol. The summed E-state index contributed by atoms with van der Waals surface area (Å²) in [6.45, 7) is 1.89. The minimum Gasteiger partial charge on any atom is -0.464 e. The standard InChI is InChI=1S/C12H13N3O4S/c1-7(16)20-8-5-11(17)15(6-8)10-4-3-9(13-14-10)12(18)19-2/h3-4,8H,5-6H2,1-2H3. The summed E-state index contributed by atoms with van der Waals surface area (Å²) >= 11 is 1.15. The summed E-state index contributed by atoms with van der Waals surface area (Å²) in [5.74, 6) is -0.319. The Balaban J connectivity index is 2.10. The van der Waals surface area contributed by atoms with Gasteiger partial charge in [0.2, 0.25) is 5.91 Å². The normalized spacial score (nSPS) is 18.2. The quantitative estimate of drug-likeness (QED) is 0.756. The van der Waals surface area contributed by atoms with Gasteiger partial charge in [0.1, 0.15) is 0 Å². The van der Waals surface area contributed by atoms with E-state index in [0.717, 1.165) is 11.8 Å². The topological polar surface area (TPSA) is 89.5 Å². The minimum atomic E-state index is -0.582. The Hall–Kier alpha value is -1.96. The number of carbonyl (C=O) groups is 3. The summed E-state index contributed by atoms with van der Waals surface area (Å²) in [5, 5.41) is 7.49. The molecule has 0 aliphatic carbocycles. The van der Waals surface area contributed by atoms with Crippen molar-refractivity contribution in [3.8, 4) is 0 Å². The van der Waals surface area contributed by atoms with Crippen LogP contribution in [0.3, 0.4) is 0 Å². The maximum atomic E-state index is 11.9. The molecule has 8 heteroatoms. The number of rotatable bonds is 3. The van der Waals surface area contributed by atoms with Crippen molar-refractivity contribution in [2.75, 3.05) is 18.6 Å². The number of anilines is 1. The van der Waals surface area contributed by atoms with Gasteiger partial charge in [-0.25, -0.2) is 4.79 Å². The van der Waals surface area contributed by atoms with E-state index >= 15 is 0 Å². The van der Waals surface area contributed by atoms with Crippen LogP contribution in [0.5, 0.6) is 0 Å². The van der Waals surface area contributed by atoms with Crippen LogP contribution in [0.25, 0.3) is 0 Å². The molecule has 2 heterocycles. The summed E-state index contributed by atoms with van der Waals surface area (Å²) < 4.78 is 4.52. The fourth-order valence-electron chi connectivity index (χ4n) is 1.89. The van der Waals surface area contributed by atoms with E-state index in [4.69, 9.17) is 0 Å². The van der Waals surface area contributed by atoms with Crippen LogP contribution >= 0.6 is 11.8 Å². The van der Waals surface area contributed by atoms with Crippen molar-refractivity contribution in [1.82, 2.24) is 10.2 Å². The summed E-state index contributed by atoms with van der Waals surface area (Å²) in [7, 11) is 1.26. The number of hydrogen-bond donors (Lipinski definition) is 0. The highest BCUT2D eigenvalue weighted by atomic mass is 32.2. The highest BCUT2D eigenvalue weighted by molar-refractivity contribution is 8.14. The molecule has 2 rings (SSSR count). The second-order valence-corrected chi connectivity index (χ2v) is 5.69. The molecule has 1 aromatic heterocycles. The van der Waals surface area contributed by atoms with Crippen molar-refractivity contribution < 1.29 is 19.1 Å². The van der Waals surface area contributed by atoms with Crippen molar-refractivity contribution >= 4 is 34.6 Å². The van der Waals surface area contributed by atoms with Gasteiger partial charge >= 0.3 is 5.97 Å². The largest absolute Gasteiger partial charge is 0.464 e. The number of carbonyl (C=O) groups excluding carboxylic acids is 3. The summed E-state index contributed by atoms with van der Waals surface area (Å²) in [6.07, 6.45) is 0.296. The van der Waals surface area contributed by atoms with Gasteiger partial charge in [-0.2, -0.15) is 0 Å². The van der Waals surface area contributed by atoms with E-state index in [-0.39, 0.29) is 22.0 Å². The summed E-state index contributed by atoms with van der Waals surface area (Å²) in [5.41, 5.74) is 0.0811. The zero-order chi connectivity index (χ0) is 14.7. The first kappa shape index (κ1) is 14.4. The SMILES string of the molecule is COC(=O)c1ccc(N2CC(SC(C)=O)CC2=O)nn1. The summed E-state index contributed by atoms with van der Waals surface area (Å²) in [4.78, 5) is 35.6. The molecule has 0 saturated carbocycles. The molecule has 1 aliphatic rings. The average molecular weight is 295 g/mol. The lowest BCUT2D eigenvalue weighted by molar-refractivity contribution is -0.117. The van der Waals surface area contributed by atoms with E-state index in [0.29, 0.717) is 18.8 Å². The molecule has 7 nitrogen and oxygen atoms in total. The minimum absolute atomic E-state index is 0.0169. The Morgan fingerprint density at radius 2 is 2.15 bits per heavy atom. The van der Waals surface area contributed by atoms with Crippen LogP contribution in [0.2, 0.25) is 0 Å². The lowest BCUT2D eigenvalue weighted by atomic mass is 10.4. The van der Waals surface area contributed by atoms with E-state index in [1.165, 1.54) is 31.1 Å². The lowest BCUT2D eigenvalue weighted by Crippen LogP contribution is -2.26. The molecular formula is C12H13N3O4S. The molecule has 0 spiro atoms. The number of ether oxygens (including phenoxy) is 1. The molecule has 106 valence electrons. The van der Waals surface area contributed by atoms with Crippen LogP contribution in [-0.4, -0.2) is 46.1 Å². The van der Waals surface area contributed by atoms with Crippen molar-refractivity contribution in [3.63, 3.8) is 0 Å². The fraction of sp³-hybridized carbons (Fsp3) is 0.417. The Labute approximate surface area is 119 Å². The van der Waals surface area contributed by atoms with Gasteiger partial charge in [0.15, 0.2) is 16.6 Å². The summed E-state index contributed by atoms with van der Waals surface area (Å²) in [6, 6.07) is 2.99. The molecule has 0 N–H and O–H groups in total. The lowest BCUT2D eigenvalue weighted by Gasteiger charge is -2.14. The van der Waals surface area contributed by atoms with Crippen molar-refractivity contribution in [2.24, 2.45) is 0 Å². The molecular weight excluding hydrogens is 282 g/mol. The number of thioether (sulfide) groups is 1. The molecule has 1 unspecified atom stereocenters. The predicted molar refractivity (Wildman–Crippen MR) is 72.4 cm³/mol. The zero-order valence-corrected chi connectivity index (χ0v) is 11.8. The van der Waals surface area contributed by atoms with Crippen LogP contribution in [0.15, 0.2) is 12.1 Å². The van der Waals surface area contributed by atoms with Gasteiger partial charge in [-0.05, 0) is 12.1 Å². The second-order valence-electron chi connectivity index (χ2n) is 4.21. The van der Waals surface area contributed by atoms with Crippen LogP contribution in [0, 0.1) is 0 Å². The number of esters is 1. The Bertz CT molecular complexity index is 546. The molecule has 1 amide bonds. The van der Waals surface area contributed by atoms with Gasteiger partial charge in [0.25, 0.3) is 0 Å². The molecule has 0 radical (unpaired) electrons. The molecule has 0 aromatic carbocycles. The van der Waals surface area contributed by atoms with Crippen LogP contribution < -0.4 is 4.90 Å². The third-order valence-electron chi connectivity index (χ3n) is 2.74. The maximum Gasteiger partial charge on any atom is 0.358 e. The predicted octanol–water partition coefficient (Wildman–Crippen LogP) is 0.648. The molecule has 1 fully saturated rings. The van der Waals surface area contributed by atoms with Crippen molar-refractivity contribution in [2.45, 2.75) is 18.6 Å². The molecule has 20 heavy (non-hydrogen) atoms. The van der Waals surface area contributed by atoms with Crippen LogP contribution in [0.4, 0.5) is 5.82 Å². The van der Waals surface area contributed by atoms with Gasteiger partial charge < -0.3 is 4.74 Å².